The van der Waals surface area contributed by atoms with E-state index in [0.29, 0.717) is 6.54 Å². The van der Waals surface area contributed by atoms with E-state index in [1.54, 1.807) is 23.5 Å². The molecular weight excluding hydrogens is 279 g/mol. The van der Waals surface area contributed by atoms with Gasteiger partial charge < -0.3 is 5.32 Å². The molecule has 1 aromatic carbocycles. The summed E-state index contributed by atoms with van der Waals surface area (Å²) in [7, 11) is 0. The first-order valence-electron chi connectivity index (χ1n) is 5.15. The summed E-state index contributed by atoms with van der Waals surface area (Å²) in [6.45, 7) is 0.684. The standard InChI is InChI=1S/C12H10F3NS2/c13-12(14,15)18-10-5-3-9(4-6-10)16-8-11-2-1-7-17-11/h1-7,16H,8H2. The van der Waals surface area contributed by atoms with Crippen LogP contribution in [0, 0.1) is 0 Å². The van der Waals surface area contributed by atoms with E-state index in [4.69, 9.17) is 0 Å². The Kier molecular flexibility index (Phi) is 4.19. The Morgan fingerprint density at radius 2 is 1.83 bits per heavy atom. The molecule has 96 valence electrons. The van der Waals surface area contributed by atoms with Gasteiger partial charge >= 0.3 is 5.51 Å². The molecular formula is C12H10F3NS2. The molecule has 0 saturated heterocycles. The van der Waals surface area contributed by atoms with Crippen molar-refractivity contribution >= 4 is 28.8 Å². The quantitative estimate of drug-likeness (QED) is 0.797. The van der Waals surface area contributed by atoms with Crippen LogP contribution in [-0.2, 0) is 6.54 Å². The number of rotatable bonds is 4. The van der Waals surface area contributed by atoms with Gasteiger partial charge in [-0.1, -0.05) is 6.07 Å². The number of benzene rings is 1. The highest BCUT2D eigenvalue weighted by molar-refractivity contribution is 8.00. The average Bonchev–Trinajstić information content (AvgIpc) is 2.79. The second-order valence-corrected chi connectivity index (χ2v) is 5.68. The predicted molar refractivity (Wildman–Crippen MR) is 70.0 cm³/mol. The number of halogens is 3. The van der Waals surface area contributed by atoms with Crippen LogP contribution in [0.2, 0.25) is 0 Å². The Bertz CT molecular complexity index is 477. The summed E-state index contributed by atoms with van der Waals surface area (Å²) in [5, 5.41) is 5.14. The summed E-state index contributed by atoms with van der Waals surface area (Å²) in [6, 6.07) is 10.2. The van der Waals surface area contributed by atoms with Crippen molar-refractivity contribution in [3.05, 3.63) is 46.7 Å². The van der Waals surface area contributed by atoms with Crippen molar-refractivity contribution in [1.82, 2.24) is 0 Å². The van der Waals surface area contributed by atoms with Crippen molar-refractivity contribution in [2.75, 3.05) is 5.32 Å². The third-order valence-corrected chi connectivity index (χ3v) is 3.75. The van der Waals surface area contributed by atoms with E-state index < -0.39 is 5.51 Å². The molecule has 18 heavy (non-hydrogen) atoms. The average molecular weight is 289 g/mol. The molecule has 0 spiro atoms. The summed E-state index contributed by atoms with van der Waals surface area (Å²) in [5.41, 5.74) is -3.42. The highest BCUT2D eigenvalue weighted by Gasteiger charge is 2.28. The van der Waals surface area contributed by atoms with Gasteiger partial charge in [-0.25, -0.2) is 0 Å². The first kappa shape index (κ1) is 13.3. The molecule has 2 rings (SSSR count). The van der Waals surface area contributed by atoms with Crippen molar-refractivity contribution in [3.8, 4) is 0 Å². The molecule has 0 saturated carbocycles. The van der Waals surface area contributed by atoms with Crippen molar-refractivity contribution < 1.29 is 13.2 Å². The molecule has 1 N–H and O–H groups in total. The highest BCUT2D eigenvalue weighted by atomic mass is 32.2. The van der Waals surface area contributed by atoms with Crippen molar-refractivity contribution in [3.63, 3.8) is 0 Å². The lowest BCUT2D eigenvalue weighted by molar-refractivity contribution is -0.0328. The molecule has 0 unspecified atom stereocenters. The molecule has 0 aliphatic carbocycles. The number of thioether (sulfide) groups is 1. The Balaban J connectivity index is 1.91. The minimum absolute atomic E-state index is 0.100. The van der Waals surface area contributed by atoms with Crippen LogP contribution in [-0.4, -0.2) is 5.51 Å². The molecule has 0 aliphatic rings. The van der Waals surface area contributed by atoms with Gasteiger partial charge in [0.25, 0.3) is 0 Å². The van der Waals surface area contributed by atoms with Gasteiger partial charge in [0, 0.05) is 22.0 Å². The third kappa shape index (κ3) is 4.27. The van der Waals surface area contributed by atoms with Crippen LogP contribution in [0.15, 0.2) is 46.7 Å². The lowest BCUT2D eigenvalue weighted by Gasteiger charge is -2.08. The maximum absolute atomic E-state index is 12.1. The molecule has 2 aromatic rings. The van der Waals surface area contributed by atoms with E-state index in [-0.39, 0.29) is 16.7 Å². The lowest BCUT2D eigenvalue weighted by Crippen LogP contribution is -1.99. The van der Waals surface area contributed by atoms with Crippen LogP contribution < -0.4 is 5.32 Å². The third-order valence-electron chi connectivity index (χ3n) is 2.13. The SMILES string of the molecule is FC(F)(F)Sc1ccc(NCc2cccs2)cc1. The van der Waals surface area contributed by atoms with E-state index in [0.717, 1.165) is 5.69 Å². The van der Waals surface area contributed by atoms with E-state index in [2.05, 4.69) is 5.32 Å². The van der Waals surface area contributed by atoms with Gasteiger partial charge in [-0.15, -0.1) is 11.3 Å². The molecule has 0 bridgehead atoms. The summed E-state index contributed by atoms with van der Waals surface area (Å²) in [5.74, 6) is 0. The van der Waals surface area contributed by atoms with Gasteiger partial charge in [-0.05, 0) is 47.5 Å². The van der Waals surface area contributed by atoms with Crippen molar-refractivity contribution in [2.24, 2.45) is 0 Å². The van der Waals surface area contributed by atoms with Crippen molar-refractivity contribution in [1.29, 1.82) is 0 Å². The fourth-order valence-corrected chi connectivity index (χ4v) is 2.56. The van der Waals surface area contributed by atoms with Gasteiger partial charge in [0.1, 0.15) is 0 Å². The second-order valence-electron chi connectivity index (χ2n) is 3.51. The molecule has 0 atom stereocenters. The molecule has 1 aromatic heterocycles. The minimum atomic E-state index is -4.23. The van der Waals surface area contributed by atoms with Gasteiger partial charge in [-0.2, -0.15) is 13.2 Å². The molecule has 0 amide bonds. The van der Waals surface area contributed by atoms with E-state index in [9.17, 15) is 13.2 Å². The maximum atomic E-state index is 12.1. The van der Waals surface area contributed by atoms with Gasteiger partial charge in [-0.3, -0.25) is 0 Å². The number of alkyl halides is 3. The number of hydrogen-bond donors (Lipinski definition) is 1. The smallest absolute Gasteiger partial charge is 0.380 e. The maximum Gasteiger partial charge on any atom is 0.446 e. The van der Waals surface area contributed by atoms with Gasteiger partial charge in [0.15, 0.2) is 0 Å². The zero-order valence-electron chi connectivity index (χ0n) is 9.20. The number of anilines is 1. The van der Waals surface area contributed by atoms with Crippen LogP contribution in [0.5, 0.6) is 0 Å². The topological polar surface area (TPSA) is 12.0 Å². The molecule has 0 fully saturated rings. The normalized spacial score (nSPS) is 11.5. The lowest BCUT2D eigenvalue weighted by atomic mass is 10.3. The summed E-state index contributed by atoms with van der Waals surface area (Å²) >= 11 is 1.54. The second kappa shape index (κ2) is 5.67. The van der Waals surface area contributed by atoms with Crippen LogP contribution >= 0.6 is 23.1 Å². The minimum Gasteiger partial charge on any atom is -0.380 e. The Morgan fingerprint density at radius 3 is 2.39 bits per heavy atom. The molecule has 1 heterocycles. The Morgan fingerprint density at radius 1 is 1.11 bits per heavy atom. The molecule has 0 aliphatic heterocycles. The van der Waals surface area contributed by atoms with Crippen LogP contribution in [0.25, 0.3) is 0 Å². The van der Waals surface area contributed by atoms with Crippen molar-refractivity contribution in [2.45, 2.75) is 16.9 Å². The van der Waals surface area contributed by atoms with Crippen LogP contribution in [0.4, 0.5) is 18.9 Å². The van der Waals surface area contributed by atoms with E-state index in [1.807, 2.05) is 17.5 Å². The van der Waals surface area contributed by atoms with E-state index >= 15 is 0 Å². The zero-order chi connectivity index (χ0) is 13.0. The van der Waals surface area contributed by atoms with E-state index in [1.165, 1.54) is 17.0 Å². The summed E-state index contributed by atoms with van der Waals surface area (Å²) < 4.78 is 36.4. The number of nitrogens with one attached hydrogen (secondary N) is 1. The fourth-order valence-electron chi connectivity index (χ4n) is 1.38. The van der Waals surface area contributed by atoms with Crippen LogP contribution in [0.1, 0.15) is 4.88 Å². The summed E-state index contributed by atoms with van der Waals surface area (Å²) in [4.78, 5) is 1.38. The molecule has 6 heteroatoms. The van der Waals surface area contributed by atoms with Crippen LogP contribution in [0.3, 0.4) is 0 Å². The molecule has 0 radical (unpaired) electrons. The predicted octanol–water partition coefficient (Wildman–Crippen LogP) is 4.97. The fraction of sp³-hybridized carbons (Fsp3) is 0.167. The van der Waals surface area contributed by atoms with Gasteiger partial charge in [0.2, 0.25) is 0 Å². The van der Waals surface area contributed by atoms with Gasteiger partial charge in [0.05, 0.1) is 0 Å². The molecule has 1 nitrogen and oxygen atoms in total. The Hall–Kier alpha value is -1.14. The summed E-state index contributed by atoms with van der Waals surface area (Å²) in [6.07, 6.45) is 0. The number of hydrogen-bond acceptors (Lipinski definition) is 3. The largest absolute Gasteiger partial charge is 0.446 e. The number of thiophene rings is 1. The Labute approximate surface area is 111 Å². The first-order chi connectivity index (χ1) is 8.53. The monoisotopic (exact) mass is 289 g/mol. The zero-order valence-corrected chi connectivity index (χ0v) is 10.8. The highest BCUT2D eigenvalue weighted by Crippen LogP contribution is 2.37. The first-order valence-corrected chi connectivity index (χ1v) is 6.84.